The lowest BCUT2D eigenvalue weighted by atomic mass is 9.87. The molecule has 1 fully saturated rings. The second-order valence-electron chi connectivity index (χ2n) is 5.84. The molecule has 0 aromatic rings. The lowest BCUT2D eigenvalue weighted by Gasteiger charge is -2.22. The molecule has 1 aliphatic carbocycles. The minimum Gasteiger partial charge on any atom is -0.357 e. The summed E-state index contributed by atoms with van der Waals surface area (Å²) in [4.78, 5) is 35.2. The maximum Gasteiger partial charge on any atom is 0.242 e. The Kier molecular flexibility index (Phi) is 7.19. The monoisotopic (exact) mass is 297 g/mol. The van der Waals surface area contributed by atoms with Crippen molar-refractivity contribution in [1.29, 1.82) is 0 Å². The molecule has 3 amide bonds. The van der Waals surface area contributed by atoms with Gasteiger partial charge in [0.15, 0.2) is 0 Å². The number of carbonyl (C=O) groups is 3. The third-order valence-corrected chi connectivity index (χ3v) is 3.97. The second-order valence-corrected chi connectivity index (χ2v) is 5.84. The van der Waals surface area contributed by atoms with Gasteiger partial charge in [-0.2, -0.15) is 0 Å². The van der Waals surface area contributed by atoms with Crippen LogP contribution in [0.2, 0.25) is 0 Å². The van der Waals surface area contributed by atoms with E-state index in [1.165, 1.54) is 26.3 Å². The molecule has 1 saturated carbocycles. The van der Waals surface area contributed by atoms with Crippen molar-refractivity contribution in [3.63, 3.8) is 0 Å². The first kappa shape index (κ1) is 17.5. The highest BCUT2D eigenvalue weighted by atomic mass is 16.2. The highest BCUT2D eigenvalue weighted by Crippen LogP contribution is 2.26. The zero-order valence-electron chi connectivity index (χ0n) is 13.2. The molecule has 0 unspecified atom stereocenters. The minimum absolute atomic E-state index is 0.0860. The molecule has 3 N–H and O–H groups in total. The Morgan fingerprint density at radius 2 is 1.52 bits per heavy atom. The van der Waals surface area contributed by atoms with Crippen LogP contribution in [0.1, 0.15) is 52.4 Å². The van der Waals surface area contributed by atoms with E-state index in [0.717, 1.165) is 12.8 Å². The lowest BCUT2D eigenvalue weighted by Crippen LogP contribution is -2.51. The molecule has 6 heteroatoms. The number of likely N-dealkylation sites (N-methyl/N-ethyl adjacent to an activating group) is 1. The predicted octanol–water partition coefficient (Wildman–Crippen LogP) is 0.712. The minimum atomic E-state index is -0.631. The van der Waals surface area contributed by atoms with Crippen molar-refractivity contribution in [2.45, 2.75) is 64.5 Å². The summed E-state index contributed by atoms with van der Waals surface area (Å²) in [5, 5.41) is 7.74. The van der Waals surface area contributed by atoms with Crippen molar-refractivity contribution in [3.8, 4) is 0 Å². The number of nitrogens with one attached hydrogen (secondary N) is 3. The molecule has 0 aliphatic heterocycles. The number of hydrogen-bond acceptors (Lipinski definition) is 3. The van der Waals surface area contributed by atoms with Crippen LogP contribution in [0.4, 0.5) is 0 Å². The molecule has 0 aromatic heterocycles. The van der Waals surface area contributed by atoms with E-state index in [-0.39, 0.29) is 17.7 Å². The van der Waals surface area contributed by atoms with E-state index in [9.17, 15) is 14.4 Å². The molecule has 0 bridgehead atoms. The maximum absolute atomic E-state index is 11.9. The lowest BCUT2D eigenvalue weighted by molar-refractivity contribution is -0.131. The summed E-state index contributed by atoms with van der Waals surface area (Å²) in [5.41, 5.74) is 0. The predicted molar refractivity (Wildman–Crippen MR) is 80.5 cm³/mol. The quantitative estimate of drug-likeness (QED) is 0.675. The zero-order valence-corrected chi connectivity index (χ0v) is 13.2. The summed E-state index contributed by atoms with van der Waals surface area (Å²) in [7, 11) is 1.51. The largest absolute Gasteiger partial charge is 0.357 e. The fourth-order valence-electron chi connectivity index (χ4n) is 2.64. The summed E-state index contributed by atoms with van der Waals surface area (Å²) in [6.45, 7) is 3.23. The fraction of sp³-hybridized carbons (Fsp3) is 0.800. The maximum atomic E-state index is 11.9. The third-order valence-electron chi connectivity index (χ3n) is 3.97. The van der Waals surface area contributed by atoms with E-state index in [1.807, 2.05) is 0 Å². The fourth-order valence-corrected chi connectivity index (χ4v) is 2.64. The summed E-state index contributed by atoms with van der Waals surface area (Å²) < 4.78 is 0. The first-order valence-corrected chi connectivity index (χ1v) is 7.75. The van der Waals surface area contributed by atoms with Crippen molar-refractivity contribution in [1.82, 2.24) is 16.0 Å². The molecule has 0 saturated heterocycles. The number of carbonyl (C=O) groups excluding carboxylic acids is 3. The van der Waals surface area contributed by atoms with Crippen LogP contribution in [-0.2, 0) is 14.4 Å². The van der Waals surface area contributed by atoms with Crippen LogP contribution in [-0.4, -0.2) is 36.9 Å². The second kappa shape index (κ2) is 8.64. The van der Waals surface area contributed by atoms with Gasteiger partial charge in [-0.1, -0.05) is 19.3 Å². The van der Waals surface area contributed by atoms with Gasteiger partial charge < -0.3 is 16.0 Å². The molecular weight excluding hydrogens is 270 g/mol. The van der Waals surface area contributed by atoms with Crippen LogP contribution in [0, 0.1) is 5.92 Å². The first-order valence-electron chi connectivity index (χ1n) is 7.75. The van der Waals surface area contributed by atoms with E-state index in [4.69, 9.17) is 0 Å². The number of rotatable bonds is 6. The van der Waals surface area contributed by atoms with E-state index in [2.05, 4.69) is 16.0 Å². The van der Waals surface area contributed by atoms with Crippen LogP contribution in [0.15, 0.2) is 0 Å². The van der Waals surface area contributed by atoms with Gasteiger partial charge in [0.25, 0.3) is 0 Å². The van der Waals surface area contributed by atoms with Gasteiger partial charge >= 0.3 is 0 Å². The van der Waals surface area contributed by atoms with Gasteiger partial charge in [0.1, 0.15) is 12.1 Å². The smallest absolute Gasteiger partial charge is 0.242 e. The van der Waals surface area contributed by atoms with Gasteiger partial charge in [0.2, 0.25) is 17.7 Å². The van der Waals surface area contributed by atoms with Crippen molar-refractivity contribution in [3.05, 3.63) is 0 Å². The molecule has 6 nitrogen and oxygen atoms in total. The molecule has 0 aromatic carbocycles. The van der Waals surface area contributed by atoms with Crippen LogP contribution in [0.25, 0.3) is 0 Å². The van der Waals surface area contributed by atoms with Crippen LogP contribution in [0.5, 0.6) is 0 Å². The SMILES string of the molecule is CNC(=O)[C@H](C)NC(=O)[C@H](C)NC(=O)CC1CCCCC1. The van der Waals surface area contributed by atoms with Gasteiger partial charge in [0, 0.05) is 13.5 Å². The van der Waals surface area contributed by atoms with E-state index < -0.39 is 12.1 Å². The summed E-state index contributed by atoms with van der Waals surface area (Å²) >= 11 is 0. The topological polar surface area (TPSA) is 87.3 Å². The van der Waals surface area contributed by atoms with Crippen molar-refractivity contribution in [2.24, 2.45) is 5.92 Å². The molecule has 0 radical (unpaired) electrons. The van der Waals surface area contributed by atoms with Crippen LogP contribution >= 0.6 is 0 Å². The summed E-state index contributed by atoms with van der Waals surface area (Å²) in [5.74, 6) is -0.247. The Morgan fingerprint density at radius 1 is 0.952 bits per heavy atom. The standard InChI is InChI=1S/C15H27N3O3/c1-10(14(20)16-3)18-15(21)11(2)17-13(19)9-12-7-5-4-6-8-12/h10-12H,4-9H2,1-3H3,(H,16,20)(H,17,19)(H,18,21)/t10-,11-/m0/s1. The Labute approximate surface area is 126 Å². The summed E-state index contributed by atoms with van der Waals surface area (Å²) in [6, 6.07) is -1.24. The van der Waals surface area contributed by atoms with E-state index in [1.54, 1.807) is 13.8 Å². The molecular formula is C15H27N3O3. The Morgan fingerprint density at radius 3 is 2.10 bits per heavy atom. The Hall–Kier alpha value is -1.59. The van der Waals surface area contributed by atoms with Crippen molar-refractivity contribution in [2.75, 3.05) is 7.05 Å². The molecule has 120 valence electrons. The average Bonchev–Trinajstić information content (AvgIpc) is 2.46. The van der Waals surface area contributed by atoms with E-state index >= 15 is 0 Å². The Balaban J connectivity index is 2.33. The van der Waals surface area contributed by atoms with Crippen molar-refractivity contribution < 1.29 is 14.4 Å². The normalized spacial score (nSPS) is 18.4. The molecule has 0 spiro atoms. The zero-order chi connectivity index (χ0) is 15.8. The molecule has 1 rings (SSSR count). The molecule has 21 heavy (non-hydrogen) atoms. The highest BCUT2D eigenvalue weighted by Gasteiger charge is 2.22. The number of amides is 3. The summed E-state index contributed by atoms with van der Waals surface area (Å²) in [6.07, 6.45) is 6.33. The van der Waals surface area contributed by atoms with Crippen LogP contribution < -0.4 is 16.0 Å². The highest BCUT2D eigenvalue weighted by molar-refractivity contribution is 5.91. The third kappa shape index (κ3) is 6.14. The Bertz CT molecular complexity index is 378. The van der Waals surface area contributed by atoms with Gasteiger partial charge in [-0.25, -0.2) is 0 Å². The van der Waals surface area contributed by atoms with Gasteiger partial charge in [0.05, 0.1) is 0 Å². The first-order chi connectivity index (χ1) is 9.93. The van der Waals surface area contributed by atoms with Crippen molar-refractivity contribution >= 4 is 17.7 Å². The number of hydrogen-bond donors (Lipinski definition) is 3. The average molecular weight is 297 g/mol. The molecule has 2 atom stereocenters. The molecule has 1 aliphatic rings. The van der Waals surface area contributed by atoms with E-state index in [0.29, 0.717) is 12.3 Å². The van der Waals surface area contributed by atoms with Gasteiger partial charge in [-0.3, -0.25) is 14.4 Å². The molecule has 0 heterocycles. The van der Waals surface area contributed by atoms with Gasteiger partial charge in [-0.05, 0) is 32.6 Å². The van der Waals surface area contributed by atoms with Crippen LogP contribution in [0.3, 0.4) is 0 Å². The van der Waals surface area contributed by atoms with Gasteiger partial charge in [-0.15, -0.1) is 0 Å².